The van der Waals surface area contributed by atoms with Crippen LogP contribution in [0.5, 0.6) is 0 Å². The topological polar surface area (TPSA) is 52.3 Å². The minimum Gasteiger partial charge on any atom is -0.465 e. The Kier molecular flexibility index (Phi) is 6.55. The molecule has 0 aromatic heterocycles. The third kappa shape index (κ3) is 5.14. The number of rotatable bonds is 7. The first-order chi connectivity index (χ1) is 13.1. The second kappa shape index (κ2) is 9.28. The van der Waals surface area contributed by atoms with E-state index in [0.29, 0.717) is 12.4 Å². The molecule has 3 aromatic carbocycles. The van der Waals surface area contributed by atoms with Gasteiger partial charge in [-0.05, 0) is 28.8 Å². The van der Waals surface area contributed by atoms with Crippen molar-refractivity contribution in [3.05, 3.63) is 95.6 Å². The molecule has 0 aliphatic rings. The second-order valence-electron chi connectivity index (χ2n) is 6.24. The molecule has 0 spiro atoms. The van der Waals surface area contributed by atoms with Crippen LogP contribution in [0.15, 0.2) is 83.8 Å². The molecule has 0 aliphatic heterocycles. The van der Waals surface area contributed by atoms with E-state index in [4.69, 9.17) is 10.5 Å². The summed E-state index contributed by atoms with van der Waals surface area (Å²) in [6.07, 6.45) is 0. The smallest absolute Gasteiger partial charge is 0.302 e. The maximum atomic E-state index is 10.9. The number of anilines is 1. The molecule has 0 amide bonds. The van der Waals surface area contributed by atoms with Crippen LogP contribution in [0.25, 0.3) is 0 Å². The van der Waals surface area contributed by atoms with E-state index in [1.165, 1.54) is 18.1 Å². The molecule has 0 saturated carbocycles. The first-order valence-electron chi connectivity index (χ1n) is 8.90. The van der Waals surface area contributed by atoms with E-state index in [2.05, 4.69) is 66.7 Å². The number of thioether (sulfide) groups is 1. The summed E-state index contributed by atoms with van der Waals surface area (Å²) in [7, 11) is 0. The van der Waals surface area contributed by atoms with Crippen LogP contribution in [0.3, 0.4) is 0 Å². The van der Waals surface area contributed by atoms with E-state index in [9.17, 15) is 4.79 Å². The van der Waals surface area contributed by atoms with Crippen LogP contribution in [-0.2, 0) is 9.53 Å². The van der Waals surface area contributed by atoms with Crippen molar-refractivity contribution >= 4 is 23.4 Å². The van der Waals surface area contributed by atoms with Gasteiger partial charge in [0.1, 0.15) is 6.61 Å². The van der Waals surface area contributed by atoms with Crippen molar-refractivity contribution in [3.8, 4) is 0 Å². The van der Waals surface area contributed by atoms with Crippen LogP contribution < -0.4 is 5.73 Å². The number of hydrogen-bond donors (Lipinski definition) is 1. The lowest BCUT2D eigenvalue weighted by atomic mass is 9.85. The zero-order chi connectivity index (χ0) is 19.1. The summed E-state index contributed by atoms with van der Waals surface area (Å²) < 4.78 is 4.98. The monoisotopic (exact) mass is 377 g/mol. The quantitative estimate of drug-likeness (QED) is 0.204. The number of carbonyl (C=O) groups excluding carboxylic acids is 1. The number of hydrogen-bond acceptors (Lipinski definition) is 4. The Balaban J connectivity index is 1.85. The van der Waals surface area contributed by atoms with Gasteiger partial charge in [0.05, 0.1) is 0 Å². The van der Waals surface area contributed by atoms with Gasteiger partial charge >= 0.3 is 5.97 Å². The second-order valence-corrected chi connectivity index (χ2v) is 7.38. The SMILES string of the molecule is CC(=O)OCCSc1ccc(C(c2ccccc2)c2ccccc2)cc1N. The molecule has 3 rings (SSSR count). The van der Waals surface area contributed by atoms with Crippen molar-refractivity contribution in [1.29, 1.82) is 0 Å². The maximum Gasteiger partial charge on any atom is 0.302 e. The van der Waals surface area contributed by atoms with Crippen LogP contribution in [-0.4, -0.2) is 18.3 Å². The Morgan fingerprint density at radius 1 is 0.926 bits per heavy atom. The van der Waals surface area contributed by atoms with Crippen LogP contribution in [0.2, 0.25) is 0 Å². The van der Waals surface area contributed by atoms with E-state index >= 15 is 0 Å². The molecular formula is C23H23NO2S. The van der Waals surface area contributed by atoms with Gasteiger partial charge in [-0.2, -0.15) is 0 Å². The summed E-state index contributed by atoms with van der Waals surface area (Å²) in [5.74, 6) is 0.562. The predicted octanol–water partition coefficient (Wildman–Crippen LogP) is 5.10. The van der Waals surface area contributed by atoms with Gasteiger partial charge in [-0.1, -0.05) is 66.7 Å². The fourth-order valence-corrected chi connectivity index (χ4v) is 3.86. The Bertz CT molecular complexity index is 842. The molecule has 27 heavy (non-hydrogen) atoms. The lowest BCUT2D eigenvalue weighted by Crippen LogP contribution is -2.05. The lowest BCUT2D eigenvalue weighted by Gasteiger charge is -2.20. The van der Waals surface area contributed by atoms with Crippen molar-refractivity contribution in [3.63, 3.8) is 0 Å². The highest BCUT2D eigenvalue weighted by atomic mass is 32.2. The first kappa shape index (κ1) is 19.1. The summed E-state index contributed by atoms with van der Waals surface area (Å²) in [5.41, 5.74) is 10.7. The van der Waals surface area contributed by atoms with Crippen LogP contribution in [0, 0.1) is 0 Å². The van der Waals surface area contributed by atoms with Crippen LogP contribution >= 0.6 is 11.8 Å². The number of benzene rings is 3. The van der Waals surface area contributed by atoms with Gasteiger partial charge in [0.2, 0.25) is 0 Å². The van der Waals surface area contributed by atoms with Gasteiger partial charge in [-0.15, -0.1) is 11.8 Å². The standard InChI is InChI=1S/C23H23NO2S/c1-17(25)26-14-15-27-22-13-12-20(16-21(22)24)23(18-8-4-2-5-9-18)19-10-6-3-7-11-19/h2-13,16,23H,14-15,24H2,1H3. The van der Waals surface area contributed by atoms with Crippen LogP contribution in [0.1, 0.15) is 29.5 Å². The summed E-state index contributed by atoms with van der Waals surface area (Å²) in [6, 6.07) is 27.2. The Hall–Kier alpha value is -2.72. The number of ether oxygens (including phenoxy) is 1. The van der Waals surface area contributed by atoms with E-state index in [1.54, 1.807) is 11.8 Å². The molecule has 0 fully saturated rings. The van der Waals surface area contributed by atoms with Crippen molar-refractivity contribution in [2.24, 2.45) is 0 Å². The van der Waals surface area contributed by atoms with Gasteiger partial charge < -0.3 is 10.5 Å². The molecule has 2 N–H and O–H groups in total. The molecular weight excluding hydrogens is 354 g/mol. The summed E-state index contributed by atoms with van der Waals surface area (Å²) in [5, 5.41) is 0. The van der Waals surface area contributed by atoms with Crippen molar-refractivity contribution < 1.29 is 9.53 Å². The normalized spacial score (nSPS) is 10.7. The van der Waals surface area contributed by atoms with E-state index in [0.717, 1.165) is 16.1 Å². The highest BCUT2D eigenvalue weighted by Crippen LogP contribution is 2.35. The van der Waals surface area contributed by atoms with Gasteiger partial charge in [0.25, 0.3) is 0 Å². The van der Waals surface area contributed by atoms with E-state index in [1.807, 2.05) is 12.1 Å². The van der Waals surface area contributed by atoms with Gasteiger partial charge in [0, 0.05) is 29.2 Å². The maximum absolute atomic E-state index is 10.9. The van der Waals surface area contributed by atoms with Gasteiger partial charge in [-0.3, -0.25) is 4.79 Å². The largest absolute Gasteiger partial charge is 0.465 e. The minimum atomic E-state index is -0.257. The number of nitrogens with two attached hydrogens (primary N) is 1. The molecule has 0 saturated heterocycles. The molecule has 0 radical (unpaired) electrons. The average molecular weight is 378 g/mol. The fourth-order valence-electron chi connectivity index (χ4n) is 3.08. The van der Waals surface area contributed by atoms with Crippen LogP contribution in [0.4, 0.5) is 5.69 Å². The molecule has 0 unspecified atom stereocenters. The third-order valence-electron chi connectivity index (χ3n) is 4.28. The molecule has 138 valence electrons. The summed E-state index contributed by atoms with van der Waals surface area (Å²) >= 11 is 1.60. The number of nitrogen functional groups attached to an aromatic ring is 1. The molecule has 3 aromatic rings. The van der Waals surface area contributed by atoms with Crippen molar-refractivity contribution in [1.82, 2.24) is 0 Å². The lowest BCUT2D eigenvalue weighted by molar-refractivity contribution is -0.140. The van der Waals surface area contributed by atoms with Crippen molar-refractivity contribution in [2.45, 2.75) is 17.7 Å². The Labute approximate surface area is 164 Å². The van der Waals surface area contributed by atoms with Crippen molar-refractivity contribution in [2.75, 3.05) is 18.1 Å². The predicted molar refractivity (Wildman–Crippen MR) is 112 cm³/mol. The molecule has 0 atom stereocenters. The summed E-state index contributed by atoms with van der Waals surface area (Å²) in [6.45, 7) is 1.80. The molecule has 3 nitrogen and oxygen atoms in total. The van der Waals surface area contributed by atoms with E-state index in [-0.39, 0.29) is 11.9 Å². The zero-order valence-corrected chi connectivity index (χ0v) is 16.1. The van der Waals surface area contributed by atoms with Gasteiger partial charge in [-0.25, -0.2) is 0 Å². The first-order valence-corrected chi connectivity index (χ1v) is 9.89. The van der Waals surface area contributed by atoms with Gasteiger partial charge in [0.15, 0.2) is 0 Å². The Morgan fingerprint density at radius 2 is 1.52 bits per heavy atom. The number of carbonyl (C=O) groups is 1. The minimum absolute atomic E-state index is 0.134. The molecule has 0 aliphatic carbocycles. The fraction of sp³-hybridized carbons (Fsp3) is 0.174. The average Bonchev–Trinajstić information content (AvgIpc) is 2.68. The molecule has 0 heterocycles. The highest BCUT2D eigenvalue weighted by molar-refractivity contribution is 7.99. The molecule has 0 bridgehead atoms. The summed E-state index contributed by atoms with van der Waals surface area (Å²) in [4.78, 5) is 11.9. The molecule has 4 heteroatoms. The Morgan fingerprint density at radius 3 is 2.04 bits per heavy atom. The van der Waals surface area contributed by atoms with E-state index < -0.39 is 0 Å². The number of esters is 1. The highest BCUT2D eigenvalue weighted by Gasteiger charge is 2.17. The third-order valence-corrected chi connectivity index (χ3v) is 5.33. The zero-order valence-electron chi connectivity index (χ0n) is 15.3.